The maximum Gasteiger partial charge on any atom is 0.243 e. The summed E-state index contributed by atoms with van der Waals surface area (Å²) in [6, 6.07) is 4.28. The van der Waals surface area contributed by atoms with Gasteiger partial charge in [-0.3, -0.25) is 0 Å². The van der Waals surface area contributed by atoms with Crippen molar-refractivity contribution < 1.29 is 12.8 Å². The molecule has 1 aromatic carbocycles. The summed E-state index contributed by atoms with van der Waals surface area (Å²) >= 11 is 0. The highest BCUT2D eigenvalue weighted by Crippen LogP contribution is 2.28. The molecule has 0 amide bonds. The number of sulfonamides is 1. The molecule has 122 valence electrons. The minimum Gasteiger partial charge on any atom is -0.314 e. The average molecular weight is 326 g/mol. The Kier molecular flexibility index (Phi) is 4.52. The molecule has 1 saturated heterocycles. The molecular formula is C16H23FN2O2S. The second-order valence-corrected chi connectivity index (χ2v) is 8.35. The number of nitrogens with zero attached hydrogens (tertiary/aromatic N) is 1. The first-order chi connectivity index (χ1) is 10.5. The van der Waals surface area contributed by atoms with E-state index in [9.17, 15) is 12.8 Å². The average Bonchev–Trinajstić information content (AvgIpc) is 3.29. The highest BCUT2D eigenvalue weighted by molar-refractivity contribution is 7.89. The van der Waals surface area contributed by atoms with Crippen LogP contribution in [0.2, 0.25) is 0 Å². The Balaban J connectivity index is 1.63. The lowest BCUT2D eigenvalue weighted by molar-refractivity contribution is 0.288. The number of rotatable bonds is 5. The maximum absolute atomic E-state index is 13.2. The lowest BCUT2D eigenvalue weighted by Crippen LogP contribution is -2.45. The van der Waals surface area contributed by atoms with Gasteiger partial charge in [0.1, 0.15) is 5.82 Å². The van der Waals surface area contributed by atoms with Gasteiger partial charge in [0.15, 0.2) is 0 Å². The number of halogens is 1. The summed E-state index contributed by atoms with van der Waals surface area (Å²) in [5, 5.41) is 3.54. The molecular weight excluding hydrogens is 303 g/mol. The molecule has 1 aromatic rings. The Morgan fingerprint density at radius 3 is 2.50 bits per heavy atom. The SMILES string of the molecule is Cc1cc(F)ccc1S(=O)(=O)N1CCC(NCC2CC2)CC1. The molecule has 0 radical (unpaired) electrons. The molecule has 3 rings (SSSR count). The van der Waals surface area contributed by atoms with Gasteiger partial charge in [0, 0.05) is 19.1 Å². The number of aryl methyl sites for hydroxylation is 1. The van der Waals surface area contributed by atoms with Crippen LogP contribution < -0.4 is 5.32 Å². The predicted molar refractivity (Wildman–Crippen MR) is 83.6 cm³/mol. The van der Waals surface area contributed by atoms with E-state index in [1.54, 1.807) is 6.92 Å². The van der Waals surface area contributed by atoms with E-state index < -0.39 is 15.8 Å². The van der Waals surface area contributed by atoms with Gasteiger partial charge in [-0.05, 0) is 68.8 Å². The minimum absolute atomic E-state index is 0.221. The van der Waals surface area contributed by atoms with Crippen molar-refractivity contribution in [3.8, 4) is 0 Å². The molecule has 0 spiro atoms. The zero-order valence-corrected chi connectivity index (χ0v) is 13.7. The molecule has 1 aliphatic carbocycles. The second kappa shape index (κ2) is 6.26. The van der Waals surface area contributed by atoms with Gasteiger partial charge >= 0.3 is 0 Å². The van der Waals surface area contributed by atoms with E-state index in [1.807, 2.05) is 0 Å². The van der Waals surface area contributed by atoms with Crippen molar-refractivity contribution in [1.29, 1.82) is 0 Å². The first kappa shape index (κ1) is 15.9. The van der Waals surface area contributed by atoms with Crippen LogP contribution in [0.25, 0.3) is 0 Å². The molecule has 0 atom stereocenters. The largest absolute Gasteiger partial charge is 0.314 e. The van der Waals surface area contributed by atoms with Crippen LogP contribution in [0.4, 0.5) is 4.39 Å². The Labute approximate surface area is 131 Å². The fourth-order valence-corrected chi connectivity index (χ4v) is 4.67. The lowest BCUT2D eigenvalue weighted by Gasteiger charge is -2.32. The number of piperidine rings is 1. The minimum atomic E-state index is -3.51. The summed E-state index contributed by atoms with van der Waals surface area (Å²) in [5.74, 6) is 0.433. The summed E-state index contributed by atoms with van der Waals surface area (Å²) in [6.07, 6.45) is 4.33. The van der Waals surface area contributed by atoms with Crippen LogP contribution in [0.3, 0.4) is 0 Å². The van der Waals surface area contributed by atoms with Crippen LogP contribution in [0.5, 0.6) is 0 Å². The molecule has 0 unspecified atom stereocenters. The fourth-order valence-electron chi connectivity index (χ4n) is 3.00. The van der Waals surface area contributed by atoms with Crippen molar-refractivity contribution in [2.24, 2.45) is 5.92 Å². The zero-order chi connectivity index (χ0) is 15.7. The van der Waals surface area contributed by atoms with E-state index >= 15 is 0 Å². The first-order valence-corrected chi connectivity index (χ1v) is 9.40. The molecule has 0 bridgehead atoms. The van der Waals surface area contributed by atoms with Crippen LogP contribution >= 0.6 is 0 Å². The second-order valence-electron chi connectivity index (χ2n) is 6.44. The molecule has 2 fully saturated rings. The topological polar surface area (TPSA) is 49.4 Å². The van der Waals surface area contributed by atoms with Gasteiger partial charge in [-0.2, -0.15) is 4.31 Å². The van der Waals surface area contributed by atoms with Gasteiger partial charge < -0.3 is 5.32 Å². The summed E-state index contributed by atoms with van der Waals surface area (Å²) in [7, 11) is -3.51. The molecule has 6 heteroatoms. The van der Waals surface area contributed by atoms with Gasteiger partial charge in [0.2, 0.25) is 10.0 Å². The van der Waals surface area contributed by atoms with Crippen LogP contribution in [0.1, 0.15) is 31.2 Å². The lowest BCUT2D eigenvalue weighted by atomic mass is 10.1. The van der Waals surface area contributed by atoms with Gasteiger partial charge in [-0.1, -0.05) is 0 Å². The quantitative estimate of drug-likeness (QED) is 0.903. The highest BCUT2D eigenvalue weighted by Gasteiger charge is 2.31. The van der Waals surface area contributed by atoms with Crippen LogP contribution in [0.15, 0.2) is 23.1 Å². The predicted octanol–water partition coefficient (Wildman–Crippen LogP) is 2.29. The summed E-state index contributed by atoms with van der Waals surface area (Å²) < 4.78 is 40.1. The standard InChI is InChI=1S/C16H23FN2O2S/c1-12-10-14(17)4-5-16(12)22(20,21)19-8-6-15(7-9-19)18-11-13-2-3-13/h4-5,10,13,15,18H,2-3,6-9,11H2,1H3. The molecule has 1 heterocycles. The normalized spacial score (nSPS) is 21.2. The highest BCUT2D eigenvalue weighted by atomic mass is 32.2. The van der Waals surface area contributed by atoms with Gasteiger partial charge in [0.25, 0.3) is 0 Å². The molecule has 1 saturated carbocycles. The Morgan fingerprint density at radius 1 is 1.23 bits per heavy atom. The van der Waals surface area contributed by atoms with E-state index in [4.69, 9.17) is 0 Å². The fraction of sp³-hybridized carbons (Fsp3) is 0.625. The van der Waals surface area contributed by atoms with E-state index in [1.165, 1.54) is 35.3 Å². The monoisotopic (exact) mass is 326 g/mol. The third-order valence-electron chi connectivity index (χ3n) is 4.60. The molecule has 22 heavy (non-hydrogen) atoms. The van der Waals surface area contributed by atoms with Crippen molar-refractivity contribution in [2.75, 3.05) is 19.6 Å². The van der Waals surface area contributed by atoms with Crippen molar-refractivity contribution in [2.45, 2.75) is 43.5 Å². The van der Waals surface area contributed by atoms with Crippen LogP contribution in [-0.4, -0.2) is 38.4 Å². The number of nitrogens with one attached hydrogen (secondary N) is 1. The van der Waals surface area contributed by atoms with E-state index in [2.05, 4.69) is 5.32 Å². The van der Waals surface area contributed by atoms with Gasteiger partial charge in [0.05, 0.1) is 4.90 Å². The zero-order valence-electron chi connectivity index (χ0n) is 12.9. The third-order valence-corrected chi connectivity index (χ3v) is 6.66. The molecule has 0 aromatic heterocycles. The first-order valence-electron chi connectivity index (χ1n) is 7.96. The smallest absolute Gasteiger partial charge is 0.243 e. The van der Waals surface area contributed by atoms with E-state index in [0.717, 1.165) is 25.3 Å². The maximum atomic E-state index is 13.2. The summed E-state index contributed by atoms with van der Waals surface area (Å²) in [5.41, 5.74) is 0.467. The molecule has 4 nitrogen and oxygen atoms in total. The molecule has 2 aliphatic rings. The summed E-state index contributed by atoms with van der Waals surface area (Å²) in [4.78, 5) is 0.221. The van der Waals surface area contributed by atoms with Crippen molar-refractivity contribution >= 4 is 10.0 Å². The number of hydrogen-bond acceptors (Lipinski definition) is 3. The number of benzene rings is 1. The van der Waals surface area contributed by atoms with Gasteiger partial charge in [-0.25, -0.2) is 12.8 Å². The van der Waals surface area contributed by atoms with E-state index in [-0.39, 0.29) is 4.90 Å². The summed E-state index contributed by atoms with van der Waals surface area (Å²) in [6.45, 7) is 3.76. The Morgan fingerprint density at radius 2 is 1.91 bits per heavy atom. The van der Waals surface area contributed by atoms with Crippen molar-refractivity contribution in [3.63, 3.8) is 0 Å². The Hall–Kier alpha value is -0.980. The Bertz CT molecular complexity index is 636. The third kappa shape index (κ3) is 3.50. The van der Waals surface area contributed by atoms with E-state index in [0.29, 0.717) is 24.7 Å². The van der Waals surface area contributed by atoms with Crippen molar-refractivity contribution in [1.82, 2.24) is 9.62 Å². The van der Waals surface area contributed by atoms with Crippen molar-refractivity contribution in [3.05, 3.63) is 29.6 Å². The van der Waals surface area contributed by atoms with Crippen LogP contribution in [0, 0.1) is 18.7 Å². The molecule has 1 N–H and O–H groups in total. The molecule has 1 aliphatic heterocycles. The number of hydrogen-bond donors (Lipinski definition) is 1. The van der Waals surface area contributed by atoms with Crippen LogP contribution in [-0.2, 0) is 10.0 Å². The van der Waals surface area contributed by atoms with Gasteiger partial charge in [-0.15, -0.1) is 0 Å².